The number of esters is 4. The molecule has 17 nitrogen and oxygen atoms in total. The minimum absolute atomic E-state index is 0.103. The fourth-order valence-corrected chi connectivity index (χ4v) is 13.8. The molecule has 0 aromatic heterocycles. The van der Waals surface area contributed by atoms with Gasteiger partial charge in [0.25, 0.3) is 0 Å². The van der Waals surface area contributed by atoms with Crippen molar-refractivity contribution in [2.45, 2.75) is 427 Å². The third-order valence-electron chi connectivity index (χ3n) is 18.9. The standard InChI is InChI=1S/C80H156O17P2/c1-9-73(8)59-51-43-34-27-23-19-14-12-10-11-13-15-21-25-29-36-46-54-62-79(84)96-75(66-90-77(82)60-52-44-35-28-24-20-17-16-18-22-26-32-40-48-56-70(2)3)68-94-98(86,87)92-64-74(81)65-93-99(88,89)95-69-76(67-91-78(83)61-53-45-39-38-42-50-58-72(6)7)97-80(85)63-55-47-37-31-30-33-41-49-57-71(4)5/h70-76,81H,9-69H2,1-8H3,(H,86,87)(H,88,89)/t73?,74-,75-,76-/m1/s1. The van der Waals surface area contributed by atoms with E-state index in [1.807, 2.05) is 0 Å². The molecule has 0 saturated carbocycles. The Morgan fingerprint density at radius 3 is 0.717 bits per heavy atom. The van der Waals surface area contributed by atoms with Crippen LogP contribution in [0.1, 0.15) is 409 Å². The van der Waals surface area contributed by atoms with Crippen LogP contribution >= 0.6 is 15.6 Å². The Hall–Kier alpha value is -1.94. The largest absolute Gasteiger partial charge is 0.472 e. The van der Waals surface area contributed by atoms with E-state index in [9.17, 15) is 43.2 Å². The maximum absolute atomic E-state index is 13.1. The predicted molar refractivity (Wildman–Crippen MR) is 404 cm³/mol. The van der Waals surface area contributed by atoms with Crippen LogP contribution in [0, 0.1) is 23.7 Å². The molecule has 0 radical (unpaired) electrons. The van der Waals surface area contributed by atoms with Crippen molar-refractivity contribution in [1.29, 1.82) is 0 Å². The van der Waals surface area contributed by atoms with E-state index in [0.717, 1.165) is 114 Å². The minimum Gasteiger partial charge on any atom is -0.462 e. The van der Waals surface area contributed by atoms with E-state index < -0.39 is 97.5 Å². The number of ether oxygens (including phenoxy) is 4. The first kappa shape index (κ1) is 97.1. The molecule has 0 fully saturated rings. The van der Waals surface area contributed by atoms with E-state index in [4.69, 9.17) is 37.0 Å². The van der Waals surface area contributed by atoms with Crippen molar-refractivity contribution in [2.24, 2.45) is 23.7 Å². The van der Waals surface area contributed by atoms with Gasteiger partial charge in [-0.1, -0.05) is 357 Å². The van der Waals surface area contributed by atoms with Crippen LogP contribution in [0.4, 0.5) is 0 Å². The summed E-state index contributed by atoms with van der Waals surface area (Å²) in [6, 6.07) is 0. The van der Waals surface area contributed by atoms with Crippen LogP contribution in [0.5, 0.6) is 0 Å². The van der Waals surface area contributed by atoms with Crippen LogP contribution in [0.15, 0.2) is 0 Å². The molecule has 0 aromatic rings. The van der Waals surface area contributed by atoms with Crippen LogP contribution in [0.2, 0.25) is 0 Å². The number of hydrogen-bond acceptors (Lipinski definition) is 15. The number of phosphoric ester groups is 2. The smallest absolute Gasteiger partial charge is 0.462 e. The summed E-state index contributed by atoms with van der Waals surface area (Å²) in [6.45, 7) is 14.2. The molecule has 0 aliphatic carbocycles. The van der Waals surface area contributed by atoms with Gasteiger partial charge >= 0.3 is 39.5 Å². The Morgan fingerprint density at radius 2 is 0.485 bits per heavy atom. The van der Waals surface area contributed by atoms with Gasteiger partial charge in [0.1, 0.15) is 19.3 Å². The number of rotatable bonds is 77. The maximum Gasteiger partial charge on any atom is 0.472 e. The molecule has 0 aliphatic rings. The van der Waals surface area contributed by atoms with E-state index in [-0.39, 0.29) is 25.7 Å². The van der Waals surface area contributed by atoms with E-state index in [1.54, 1.807) is 0 Å². The molecular weight excluding hydrogens is 1290 g/mol. The molecule has 19 heteroatoms. The first-order valence-corrected chi connectivity index (χ1v) is 44.2. The van der Waals surface area contributed by atoms with E-state index in [2.05, 4.69) is 55.4 Å². The maximum atomic E-state index is 13.1. The Morgan fingerprint density at radius 1 is 0.283 bits per heavy atom. The van der Waals surface area contributed by atoms with Crippen molar-refractivity contribution in [3.63, 3.8) is 0 Å². The molecule has 3 N–H and O–H groups in total. The lowest BCUT2D eigenvalue weighted by molar-refractivity contribution is -0.161. The normalized spacial score (nSPS) is 14.3. The summed E-state index contributed by atoms with van der Waals surface area (Å²) in [5.74, 6) is 0.948. The van der Waals surface area contributed by atoms with E-state index >= 15 is 0 Å². The van der Waals surface area contributed by atoms with Gasteiger partial charge in [-0.25, -0.2) is 9.13 Å². The fourth-order valence-electron chi connectivity index (χ4n) is 12.2. The van der Waals surface area contributed by atoms with Gasteiger partial charge in [-0.3, -0.25) is 37.3 Å². The van der Waals surface area contributed by atoms with Gasteiger partial charge in [0.2, 0.25) is 0 Å². The molecule has 0 heterocycles. The zero-order chi connectivity index (χ0) is 73.1. The molecule has 6 atom stereocenters. The molecule has 0 aromatic carbocycles. The second-order valence-corrected chi connectivity index (χ2v) is 33.4. The van der Waals surface area contributed by atoms with E-state index in [0.29, 0.717) is 31.6 Å². The summed E-state index contributed by atoms with van der Waals surface area (Å²) in [4.78, 5) is 72.9. The lowest BCUT2D eigenvalue weighted by Crippen LogP contribution is -2.30. The van der Waals surface area contributed by atoms with Crippen molar-refractivity contribution in [1.82, 2.24) is 0 Å². The average Bonchev–Trinajstić information content (AvgIpc) is 1.11. The number of carbonyl (C=O) groups excluding carboxylic acids is 4. The van der Waals surface area contributed by atoms with Crippen molar-refractivity contribution in [3.05, 3.63) is 0 Å². The zero-order valence-corrected chi connectivity index (χ0v) is 66.9. The number of aliphatic hydroxyl groups is 1. The SMILES string of the molecule is CCC(C)CCCCCCCCCCCCCCCCCCCCC(=O)O[C@H](COC(=O)CCCCCCCCCCCCCCCCC(C)C)COP(=O)(O)OC[C@@H](O)COP(=O)(O)OC[C@@H](COC(=O)CCCCCCCCC(C)C)OC(=O)CCCCCCCCCCC(C)C. The highest BCUT2D eigenvalue weighted by atomic mass is 31.2. The molecule has 588 valence electrons. The van der Waals surface area contributed by atoms with Gasteiger partial charge in [-0.05, 0) is 49.4 Å². The number of carbonyl (C=O) groups is 4. The zero-order valence-electron chi connectivity index (χ0n) is 65.1. The molecule has 3 unspecified atom stereocenters. The van der Waals surface area contributed by atoms with Gasteiger partial charge < -0.3 is 33.8 Å². The summed E-state index contributed by atoms with van der Waals surface area (Å²) in [6.07, 6.45) is 55.8. The van der Waals surface area contributed by atoms with Crippen molar-refractivity contribution >= 4 is 39.5 Å². The number of hydrogen-bond donors (Lipinski definition) is 3. The third-order valence-corrected chi connectivity index (χ3v) is 20.8. The average molecular weight is 1450 g/mol. The van der Waals surface area contributed by atoms with Crippen LogP contribution in [0.25, 0.3) is 0 Å². The Balaban J connectivity index is 5.19. The quantitative estimate of drug-likeness (QED) is 0.0222. The number of unbranched alkanes of at least 4 members (excludes halogenated alkanes) is 42. The summed E-state index contributed by atoms with van der Waals surface area (Å²) in [5.41, 5.74) is 0. The lowest BCUT2D eigenvalue weighted by Gasteiger charge is -2.21. The van der Waals surface area contributed by atoms with Gasteiger partial charge in [0.05, 0.1) is 26.4 Å². The highest BCUT2D eigenvalue weighted by molar-refractivity contribution is 7.47. The van der Waals surface area contributed by atoms with Crippen LogP contribution in [-0.4, -0.2) is 96.7 Å². The van der Waals surface area contributed by atoms with Crippen LogP contribution in [0.3, 0.4) is 0 Å². The van der Waals surface area contributed by atoms with Gasteiger partial charge in [-0.15, -0.1) is 0 Å². The molecule has 0 amide bonds. The van der Waals surface area contributed by atoms with Gasteiger partial charge in [0.15, 0.2) is 12.2 Å². The van der Waals surface area contributed by atoms with Crippen molar-refractivity contribution < 1.29 is 80.2 Å². The van der Waals surface area contributed by atoms with Crippen LogP contribution < -0.4 is 0 Å². The predicted octanol–water partition coefficient (Wildman–Crippen LogP) is 23.6. The summed E-state index contributed by atoms with van der Waals surface area (Å²) in [7, 11) is -9.92. The second-order valence-electron chi connectivity index (χ2n) is 30.5. The van der Waals surface area contributed by atoms with E-state index in [1.165, 1.54) is 205 Å². The first-order chi connectivity index (χ1) is 47.6. The third kappa shape index (κ3) is 72.8. The molecule has 0 saturated heterocycles. The minimum atomic E-state index is -4.96. The number of phosphoric acid groups is 2. The Kier molecular flexibility index (Phi) is 67.8. The van der Waals surface area contributed by atoms with Crippen LogP contribution in [-0.2, 0) is 65.4 Å². The molecule has 0 aliphatic heterocycles. The van der Waals surface area contributed by atoms with Gasteiger partial charge in [0, 0.05) is 25.7 Å². The molecule has 0 rings (SSSR count). The van der Waals surface area contributed by atoms with Gasteiger partial charge in [-0.2, -0.15) is 0 Å². The summed E-state index contributed by atoms with van der Waals surface area (Å²) < 4.78 is 68.6. The monoisotopic (exact) mass is 1450 g/mol. The molecular formula is C80H156O17P2. The second kappa shape index (κ2) is 69.1. The van der Waals surface area contributed by atoms with Crippen molar-refractivity contribution in [2.75, 3.05) is 39.6 Å². The van der Waals surface area contributed by atoms with Crippen molar-refractivity contribution in [3.8, 4) is 0 Å². The first-order valence-electron chi connectivity index (χ1n) is 41.2. The number of aliphatic hydroxyl groups excluding tert-OH is 1. The molecule has 0 bridgehead atoms. The summed E-state index contributed by atoms with van der Waals surface area (Å²) >= 11 is 0. The summed E-state index contributed by atoms with van der Waals surface area (Å²) in [5, 5.41) is 10.6. The molecule has 99 heavy (non-hydrogen) atoms. The highest BCUT2D eigenvalue weighted by Crippen LogP contribution is 2.45. The molecule has 0 spiro atoms. The lowest BCUT2D eigenvalue weighted by atomic mass is 9.99. The topological polar surface area (TPSA) is 237 Å². The Labute approximate surface area is 607 Å². The highest BCUT2D eigenvalue weighted by Gasteiger charge is 2.30. The Bertz CT molecular complexity index is 1940. The fraction of sp³-hybridized carbons (Fsp3) is 0.950.